The highest BCUT2D eigenvalue weighted by molar-refractivity contribution is 6.01. The van der Waals surface area contributed by atoms with Crippen LogP contribution in [-0.2, 0) is 7.05 Å². The topological polar surface area (TPSA) is 94.7 Å². The molecule has 3 rings (SSSR count). The van der Waals surface area contributed by atoms with Crippen LogP contribution in [-0.4, -0.2) is 24.8 Å². The number of aromatic nitrogens is 1. The maximum absolute atomic E-state index is 12.2. The molecule has 1 aromatic heterocycles. The number of fused-ring (bicyclic) bond motifs is 1. The predicted molar refractivity (Wildman–Crippen MR) is 93.6 cm³/mol. The molecule has 25 heavy (non-hydrogen) atoms. The lowest BCUT2D eigenvalue weighted by atomic mass is 10.2. The molecule has 3 aromatic rings. The number of ether oxygens (including phenoxy) is 2. The van der Waals surface area contributed by atoms with Crippen LogP contribution in [0, 0.1) is 0 Å². The van der Waals surface area contributed by atoms with Crippen LogP contribution in [0.25, 0.3) is 11.1 Å². The third-order valence-electron chi connectivity index (χ3n) is 3.71. The van der Waals surface area contributed by atoms with Crippen molar-refractivity contribution in [3.63, 3.8) is 0 Å². The minimum absolute atomic E-state index is 0.393. The number of hydrogen-bond donors (Lipinski definition) is 2. The van der Waals surface area contributed by atoms with E-state index in [2.05, 4.69) is 10.6 Å². The summed E-state index contributed by atoms with van der Waals surface area (Å²) in [6.45, 7) is 0. The number of carbonyl (C=O) groups excluding carboxylic acids is 1. The van der Waals surface area contributed by atoms with Crippen LogP contribution in [0.3, 0.4) is 0 Å². The van der Waals surface area contributed by atoms with Crippen LogP contribution in [0.5, 0.6) is 11.5 Å². The first kappa shape index (κ1) is 16.4. The van der Waals surface area contributed by atoms with E-state index in [4.69, 9.17) is 13.9 Å². The zero-order chi connectivity index (χ0) is 18.0. The van der Waals surface area contributed by atoms with E-state index in [1.54, 1.807) is 43.4 Å². The van der Waals surface area contributed by atoms with E-state index in [-0.39, 0.29) is 0 Å². The Morgan fingerprint density at radius 1 is 1.08 bits per heavy atom. The molecular weight excluding hydrogens is 326 g/mol. The molecule has 0 bridgehead atoms. The molecule has 130 valence electrons. The van der Waals surface area contributed by atoms with Gasteiger partial charge < -0.3 is 24.5 Å². The first-order chi connectivity index (χ1) is 12.0. The Bertz CT molecular complexity index is 990. The van der Waals surface area contributed by atoms with Crippen molar-refractivity contribution in [2.45, 2.75) is 0 Å². The van der Waals surface area contributed by atoms with Crippen molar-refractivity contribution in [1.29, 1.82) is 0 Å². The maximum Gasteiger partial charge on any atom is 0.419 e. The van der Waals surface area contributed by atoms with Gasteiger partial charge in [-0.2, -0.15) is 0 Å². The summed E-state index contributed by atoms with van der Waals surface area (Å²) in [6, 6.07) is 9.56. The van der Waals surface area contributed by atoms with E-state index in [1.807, 2.05) is 0 Å². The van der Waals surface area contributed by atoms with Crippen LogP contribution in [0.1, 0.15) is 0 Å². The minimum Gasteiger partial charge on any atom is -0.497 e. The molecule has 0 atom stereocenters. The molecule has 8 nitrogen and oxygen atoms in total. The summed E-state index contributed by atoms with van der Waals surface area (Å²) < 4.78 is 16.9. The van der Waals surface area contributed by atoms with Gasteiger partial charge in [0, 0.05) is 24.9 Å². The highest BCUT2D eigenvalue weighted by Gasteiger charge is 2.11. The second kappa shape index (κ2) is 6.60. The molecule has 0 saturated carbocycles. The van der Waals surface area contributed by atoms with Gasteiger partial charge in [0.15, 0.2) is 5.58 Å². The van der Waals surface area contributed by atoms with Gasteiger partial charge in [0.05, 0.1) is 25.4 Å². The lowest BCUT2D eigenvalue weighted by Crippen LogP contribution is -2.19. The van der Waals surface area contributed by atoms with E-state index in [0.717, 1.165) is 0 Å². The number of urea groups is 1. The van der Waals surface area contributed by atoms with Crippen LogP contribution in [0.4, 0.5) is 16.2 Å². The molecular formula is C17H17N3O5. The van der Waals surface area contributed by atoms with Crippen molar-refractivity contribution < 1.29 is 18.7 Å². The number of oxazole rings is 1. The molecule has 2 amide bonds. The van der Waals surface area contributed by atoms with Crippen molar-refractivity contribution in [3.8, 4) is 11.5 Å². The fraction of sp³-hybridized carbons (Fsp3) is 0.176. The highest BCUT2D eigenvalue weighted by atomic mass is 16.5. The van der Waals surface area contributed by atoms with Gasteiger partial charge in [-0.05, 0) is 24.3 Å². The van der Waals surface area contributed by atoms with E-state index in [0.29, 0.717) is 34.0 Å². The van der Waals surface area contributed by atoms with Crippen LogP contribution in [0.15, 0.2) is 45.6 Å². The number of nitrogens with zero attached hydrogens (tertiary/aromatic N) is 1. The van der Waals surface area contributed by atoms with Gasteiger partial charge in [-0.3, -0.25) is 4.57 Å². The van der Waals surface area contributed by atoms with Crippen LogP contribution in [0.2, 0.25) is 0 Å². The standard InChI is InChI=1S/C17H17N3O5/c1-20-13-6-4-10(8-15(13)25-17(20)22)18-16(21)19-12-9-11(23-2)5-7-14(12)24-3/h4-9H,1-3H3,(H2,18,19,21). The fourth-order valence-electron chi connectivity index (χ4n) is 2.41. The predicted octanol–water partition coefficient (Wildman–Crippen LogP) is 2.79. The molecule has 2 aromatic carbocycles. The van der Waals surface area contributed by atoms with Gasteiger partial charge in [-0.25, -0.2) is 9.59 Å². The second-order valence-electron chi connectivity index (χ2n) is 5.25. The Labute approximate surface area is 143 Å². The Kier molecular flexibility index (Phi) is 4.34. The van der Waals surface area contributed by atoms with Crippen molar-refractivity contribution in [1.82, 2.24) is 4.57 Å². The number of aryl methyl sites for hydroxylation is 1. The van der Waals surface area contributed by atoms with Gasteiger partial charge in [0.2, 0.25) is 0 Å². The number of carbonyl (C=O) groups is 1. The average molecular weight is 343 g/mol. The summed E-state index contributed by atoms with van der Waals surface area (Å²) in [5.41, 5.74) is 1.99. The van der Waals surface area contributed by atoms with Gasteiger partial charge in [-0.1, -0.05) is 0 Å². The number of hydrogen-bond acceptors (Lipinski definition) is 5. The van der Waals surface area contributed by atoms with E-state index >= 15 is 0 Å². The highest BCUT2D eigenvalue weighted by Crippen LogP contribution is 2.29. The summed E-state index contributed by atoms with van der Waals surface area (Å²) in [6.07, 6.45) is 0. The Balaban J connectivity index is 1.80. The summed E-state index contributed by atoms with van der Waals surface area (Å²) in [4.78, 5) is 23.8. The van der Waals surface area contributed by atoms with E-state index in [9.17, 15) is 9.59 Å². The zero-order valence-corrected chi connectivity index (χ0v) is 14.0. The van der Waals surface area contributed by atoms with E-state index < -0.39 is 11.8 Å². The fourth-order valence-corrected chi connectivity index (χ4v) is 2.41. The number of anilines is 2. The molecule has 0 spiro atoms. The maximum atomic E-state index is 12.2. The molecule has 2 N–H and O–H groups in total. The van der Waals surface area contributed by atoms with Gasteiger partial charge in [0.1, 0.15) is 11.5 Å². The van der Waals surface area contributed by atoms with Gasteiger partial charge >= 0.3 is 11.8 Å². The van der Waals surface area contributed by atoms with Crippen LogP contribution >= 0.6 is 0 Å². The molecule has 0 fully saturated rings. The zero-order valence-electron chi connectivity index (χ0n) is 14.0. The first-order valence-corrected chi connectivity index (χ1v) is 7.41. The third-order valence-corrected chi connectivity index (χ3v) is 3.71. The SMILES string of the molecule is COc1ccc(OC)c(NC(=O)Nc2ccc3c(c2)oc(=O)n3C)c1. The molecule has 0 aliphatic heterocycles. The van der Waals surface area contributed by atoms with Gasteiger partial charge in [-0.15, -0.1) is 0 Å². The molecule has 8 heteroatoms. The Hall–Kier alpha value is -3.42. The number of benzene rings is 2. The molecule has 0 aliphatic carbocycles. The lowest BCUT2D eigenvalue weighted by Gasteiger charge is -2.12. The molecule has 1 heterocycles. The largest absolute Gasteiger partial charge is 0.497 e. The monoisotopic (exact) mass is 343 g/mol. The Morgan fingerprint density at radius 2 is 1.88 bits per heavy atom. The lowest BCUT2D eigenvalue weighted by molar-refractivity contribution is 0.262. The molecule has 0 aliphatic rings. The Morgan fingerprint density at radius 3 is 2.60 bits per heavy atom. The smallest absolute Gasteiger partial charge is 0.419 e. The van der Waals surface area contributed by atoms with Crippen molar-refractivity contribution >= 4 is 28.5 Å². The van der Waals surface area contributed by atoms with Crippen molar-refractivity contribution in [3.05, 3.63) is 46.9 Å². The molecule has 0 unspecified atom stereocenters. The number of methoxy groups -OCH3 is 2. The number of rotatable bonds is 4. The molecule has 0 radical (unpaired) electrons. The number of amides is 2. The summed E-state index contributed by atoms with van der Waals surface area (Å²) in [5, 5.41) is 5.38. The van der Waals surface area contributed by atoms with Crippen molar-refractivity contribution in [2.75, 3.05) is 24.9 Å². The average Bonchev–Trinajstić information content (AvgIpc) is 2.88. The summed E-state index contributed by atoms with van der Waals surface area (Å²) in [5.74, 6) is 0.627. The minimum atomic E-state index is -0.468. The quantitative estimate of drug-likeness (QED) is 0.759. The second-order valence-corrected chi connectivity index (χ2v) is 5.25. The molecule has 0 saturated heterocycles. The first-order valence-electron chi connectivity index (χ1n) is 7.41. The van der Waals surface area contributed by atoms with Gasteiger partial charge in [0.25, 0.3) is 0 Å². The van der Waals surface area contributed by atoms with E-state index in [1.165, 1.54) is 18.8 Å². The normalized spacial score (nSPS) is 10.5. The summed E-state index contributed by atoms with van der Waals surface area (Å²) in [7, 11) is 4.66. The number of nitrogens with one attached hydrogen (secondary N) is 2. The van der Waals surface area contributed by atoms with Crippen molar-refractivity contribution in [2.24, 2.45) is 7.05 Å². The third kappa shape index (κ3) is 3.27. The summed E-state index contributed by atoms with van der Waals surface area (Å²) >= 11 is 0. The van der Waals surface area contributed by atoms with Crippen LogP contribution < -0.4 is 25.9 Å².